The van der Waals surface area contributed by atoms with E-state index in [1.807, 2.05) is 6.08 Å². The molecule has 1 rings (SSSR count). The maximum atomic E-state index is 3.76. The molecule has 0 fully saturated rings. The van der Waals surface area contributed by atoms with E-state index in [4.69, 9.17) is 0 Å². The fourth-order valence-corrected chi connectivity index (χ4v) is 1.28. The summed E-state index contributed by atoms with van der Waals surface area (Å²) >= 11 is 0. The second-order valence-electron chi connectivity index (χ2n) is 3.85. The van der Waals surface area contributed by atoms with E-state index in [1.54, 1.807) is 0 Å². The second kappa shape index (κ2) is 2.61. The molecule has 1 aliphatic rings. The Morgan fingerprint density at radius 3 is 2.70 bits per heavy atom. The molecular weight excluding hydrogens is 120 g/mol. The highest BCUT2D eigenvalue weighted by molar-refractivity contribution is 5.19. The van der Waals surface area contributed by atoms with Gasteiger partial charge in [-0.25, -0.2) is 0 Å². The quantitative estimate of drug-likeness (QED) is 0.518. The van der Waals surface area contributed by atoms with Gasteiger partial charge < -0.3 is 0 Å². The molecule has 1 aliphatic carbocycles. The van der Waals surface area contributed by atoms with Gasteiger partial charge in [0.05, 0.1) is 0 Å². The molecule has 0 saturated carbocycles. The zero-order valence-electron chi connectivity index (χ0n) is 6.98. The topological polar surface area (TPSA) is 0 Å². The van der Waals surface area contributed by atoms with Crippen molar-refractivity contribution in [3.63, 3.8) is 0 Å². The number of hydrogen-bond acceptors (Lipinski definition) is 0. The molecule has 56 valence electrons. The molecule has 0 bridgehead atoms. The van der Waals surface area contributed by atoms with E-state index in [-0.39, 0.29) is 0 Å². The minimum absolute atomic E-state index is 0.534. The van der Waals surface area contributed by atoms with Gasteiger partial charge in [-0.3, -0.25) is 0 Å². The molecule has 0 nitrogen and oxygen atoms in total. The molecule has 0 amide bonds. The van der Waals surface area contributed by atoms with Crippen LogP contribution >= 0.6 is 0 Å². The first-order valence-electron chi connectivity index (χ1n) is 3.95. The van der Waals surface area contributed by atoms with Gasteiger partial charge in [0.25, 0.3) is 0 Å². The van der Waals surface area contributed by atoms with Gasteiger partial charge >= 0.3 is 0 Å². The molecular formula is C10H16. The van der Waals surface area contributed by atoms with E-state index < -0.39 is 0 Å². The average molecular weight is 136 g/mol. The van der Waals surface area contributed by atoms with Crippen molar-refractivity contribution in [1.29, 1.82) is 0 Å². The van der Waals surface area contributed by atoms with Crippen LogP contribution in [0.25, 0.3) is 0 Å². The summed E-state index contributed by atoms with van der Waals surface area (Å²) in [5, 5.41) is 0. The van der Waals surface area contributed by atoms with Crippen molar-refractivity contribution in [3.05, 3.63) is 24.3 Å². The van der Waals surface area contributed by atoms with E-state index in [9.17, 15) is 0 Å². The van der Waals surface area contributed by atoms with Crippen LogP contribution in [0.1, 0.15) is 33.1 Å². The predicted octanol–water partition coefficient (Wildman–Crippen LogP) is 3.31. The fourth-order valence-electron chi connectivity index (χ4n) is 1.28. The molecule has 0 saturated heterocycles. The van der Waals surface area contributed by atoms with Crippen LogP contribution in [0.3, 0.4) is 0 Å². The van der Waals surface area contributed by atoms with Crippen molar-refractivity contribution in [1.82, 2.24) is 0 Å². The van der Waals surface area contributed by atoms with Gasteiger partial charge in [0.15, 0.2) is 0 Å². The van der Waals surface area contributed by atoms with Crippen molar-refractivity contribution in [3.8, 4) is 0 Å². The monoisotopic (exact) mass is 136 g/mol. The van der Waals surface area contributed by atoms with Crippen molar-refractivity contribution in [2.75, 3.05) is 0 Å². The lowest BCUT2D eigenvalue weighted by molar-refractivity contribution is 0.327. The van der Waals surface area contributed by atoms with Crippen LogP contribution in [0.5, 0.6) is 0 Å². The molecule has 0 aliphatic heterocycles. The minimum atomic E-state index is 0.534. The molecule has 0 spiro atoms. The molecule has 0 atom stereocenters. The molecule has 0 unspecified atom stereocenters. The van der Waals surface area contributed by atoms with E-state index in [0.29, 0.717) is 5.41 Å². The van der Waals surface area contributed by atoms with Crippen LogP contribution < -0.4 is 0 Å². The lowest BCUT2D eigenvalue weighted by atomic mass is 9.78. The van der Waals surface area contributed by atoms with Crippen molar-refractivity contribution in [2.24, 2.45) is 5.41 Å². The maximum absolute atomic E-state index is 3.76. The number of allylic oxidation sites excluding steroid dienone is 3. The van der Waals surface area contributed by atoms with Gasteiger partial charge in [0.1, 0.15) is 0 Å². The lowest BCUT2D eigenvalue weighted by Crippen LogP contribution is -2.13. The average Bonchev–Trinajstić information content (AvgIpc) is 1.88. The number of hydrogen-bond donors (Lipinski definition) is 0. The van der Waals surface area contributed by atoms with Crippen molar-refractivity contribution in [2.45, 2.75) is 33.1 Å². The highest BCUT2D eigenvalue weighted by Crippen LogP contribution is 2.34. The Morgan fingerprint density at radius 1 is 1.60 bits per heavy atom. The van der Waals surface area contributed by atoms with Crippen molar-refractivity contribution < 1.29 is 0 Å². The Bertz CT molecular complexity index is 161. The molecule has 0 heteroatoms. The summed E-state index contributed by atoms with van der Waals surface area (Å²) in [7, 11) is 0. The van der Waals surface area contributed by atoms with Crippen molar-refractivity contribution >= 4 is 0 Å². The van der Waals surface area contributed by atoms with Crippen LogP contribution in [-0.2, 0) is 0 Å². The Morgan fingerprint density at radius 2 is 2.30 bits per heavy atom. The molecule has 0 aromatic heterocycles. The smallest absolute Gasteiger partial charge is 0.0277 e. The third kappa shape index (κ3) is 1.73. The Hall–Kier alpha value is -0.520. The maximum Gasteiger partial charge on any atom is -0.0277 e. The van der Waals surface area contributed by atoms with E-state index >= 15 is 0 Å². The fraction of sp³-hybridized carbons (Fsp3) is 0.600. The summed E-state index contributed by atoms with van der Waals surface area (Å²) in [6.07, 6.45) is 8.04. The van der Waals surface area contributed by atoms with Gasteiger partial charge in [0.2, 0.25) is 0 Å². The van der Waals surface area contributed by atoms with Crippen LogP contribution in [-0.4, -0.2) is 0 Å². The summed E-state index contributed by atoms with van der Waals surface area (Å²) in [6.45, 7) is 8.41. The summed E-state index contributed by atoms with van der Waals surface area (Å²) in [5.41, 5.74) is 1.96. The molecule has 0 radical (unpaired) electrons. The first-order chi connectivity index (χ1) is 4.64. The van der Waals surface area contributed by atoms with E-state index in [2.05, 4.69) is 26.5 Å². The van der Waals surface area contributed by atoms with Gasteiger partial charge in [-0.2, -0.15) is 0 Å². The predicted molar refractivity (Wildman–Crippen MR) is 45.9 cm³/mol. The summed E-state index contributed by atoms with van der Waals surface area (Å²) in [5.74, 6) is 0. The van der Waals surface area contributed by atoms with Gasteiger partial charge in [-0.05, 0) is 24.7 Å². The third-order valence-electron chi connectivity index (χ3n) is 2.27. The van der Waals surface area contributed by atoms with Crippen LogP contribution in [0.2, 0.25) is 0 Å². The SMILES string of the molecule is C=CC1=CCC(C)(C)CC1. The van der Waals surface area contributed by atoms with Crippen LogP contribution in [0.15, 0.2) is 24.3 Å². The standard InChI is InChI=1S/C10H16/c1-4-9-5-7-10(2,3)8-6-9/h4-5H,1,6-8H2,2-3H3. The van der Waals surface area contributed by atoms with E-state index in [0.717, 1.165) is 0 Å². The minimum Gasteiger partial charge on any atom is -0.0988 e. The third-order valence-corrected chi connectivity index (χ3v) is 2.27. The summed E-state index contributed by atoms with van der Waals surface area (Å²) in [6, 6.07) is 0. The molecule has 0 aromatic carbocycles. The normalized spacial score (nSPS) is 23.6. The largest absolute Gasteiger partial charge is 0.0988 e. The highest BCUT2D eigenvalue weighted by atomic mass is 14.2. The van der Waals surface area contributed by atoms with Gasteiger partial charge in [-0.15, -0.1) is 0 Å². The van der Waals surface area contributed by atoms with Gasteiger partial charge in [-0.1, -0.05) is 38.2 Å². The summed E-state index contributed by atoms with van der Waals surface area (Å²) in [4.78, 5) is 0. The number of rotatable bonds is 1. The zero-order valence-corrected chi connectivity index (χ0v) is 6.98. The second-order valence-corrected chi connectivity index (χ2v) is 3.85. The van der Waals surface area contributed by atoms with E-state index in [1.165, 1.54) is 24.8 Å². The Kier molecular flexibility index (Phi) is 1.98. The molecule has 0 aromatic rings. The molecule has 10 heavy (non-hydrogen) atoms. The Labute approximate surface area is 63.6 Å². The first kappa shape index (κ1) is 7.59. The van der Waals surface area contributed by atoms with Crippen LogP contribution in [0, 0.1) is 5.41 Å². The summed E-state index contributed by atoms with van der Waals surface area (Å²) < 4.78 is 0. The highest BCUT2D eigenvalue weighted by Gasteiger charge is 2.19. The molecule has 0 heterocycles. The zero-order chi connectivity index (χ0) is 7.61. The van der Waals surface area contributed by atoms with Gasteiger partial charge in [0, 0.05) is 0 Å². The molecule has 0 N–H and O–H groups in total. The lowest BCUT2D eigenvalue weighted by Gasteiger charge is -2.27. The first-order valence-corrected chi connectivity index (χ1v) is 3.95. The van der Waals surface area contributed by atoms with Crippen LogP contribution in [0.4, 0.5) is 0 Å². The Balaban J connectivity index is 2.60.